The number of carbonyl (C=O) groups excluding carboxylic acids is 2. The van der Waals surface area contributed by atoms with E-state index in [1.807, 2.05) is 11.0 Å². The van der Waals surface area contributed by atoms with E-state index >= 15 is 0 Å². The molecule has 2 atom stereocenters. The Hall–Kier alpha value is -2.14. The molecule has 5 nitrogen and oxygen atoms in total. The Labute approximate surface area is 149 Å². The maximum Gasteiger partial charge on any atom is 0.243 e. The smallest absolute Gasteiger partial charge is 0.243 e. The van der Waals surface area contributed by atoms with E-state index in [9.17, 15) is 9.59 Å². The van der Waals surface area contributed by atoms with E-state index in [1.54, 1.807) is 0 Å². The van der Waals surface area contributed by atoms with E-state index in [1.165, 1.54) is 11.6 Å². The fourth-order valence-corrected chi connectivity index (χ4v) is 3.96. The van der Waals surface area contributed by atoms with Gasteiger partial charge in [0.2, 0.25) is 11.8 Å². The minimum atomic E-state index is -0.223. The van der Waals surface area contributed by atoms with Crippen molar-refractivity contribution >= 4 is 11.8 Å². The summed E-state index contributed by atoms with van der Waals surface area (Å²) in [5, 5.41) is 2.67. The number of hydrogen-bond donors (Lipinski definition) is 1. The molecule has 0 radical (unpaired) electrons. The van der Waals surface area contributed by atoms with E-state index in [0.29, 0.717) is 24.8 Å². The normalized spacial score (nSPS) is 23.1. The van der Waals surface area contributed by atoms with Crippen LogP contribution < -0.4 is 5.32 Å². The van der Waals surface area contributed by atoms with Crippen LogP contribution in [0, 0.1) is 11.8 Å². The summed E-state index contributed by atoms with van der Waals surface area (Å²) in [5.41, 5.74) is 1.35. The Kier molecular flexibility index (Phi) is 5.87. The van der Waals surface area contributed by atoms with Gasteiger partial charge in [0.05, 0.1) is 0 Å². The van der Waals surface area contributed by atoms with Crippen molar-refractivity contribution in [1.29, 1.82) is 0 Å². The summed E-state index contributed by atoms with van der Waals surface area (Å²) < 4.78 is 0. The molecule has 0 aromatic heterocycles. The summed E-state index contributed by atoms with van der Waals surface area (Å²) in [6.45, 7) is 8.68. The third kappa shape index (κ3) is 4.69. The SMILES string of the molecule is C=CC(=O)NCCC(=O)N1C[C@H]2CN(Cc3ccccc3)CC[C@H]2C1. The van der Waals surface area contributed by atoms with Gasteiger partial charge in [-0.1, -0.05) is 36.9 Å². The summed E-state index contributed by atoms with van der Waals surface area (Å²) in [4.78, 5) is 28.0. The Morgan fingerprint density at radius 3 is 2.68 bits per heavy atom. The van der Waals surface area contributed by atoms with Crippen molar-refractivity contribution in [2.24, 2.45) is 11.8 Å². The predicted octanol–water partition coefficient (Wildman–Crippen LogP) is 1.66. The highest BCUT2D eigenvalue weighted by Gasteiger charge is 2.38. The van der Waals surface area contributed by atoms with Gasteiger partial charge in [0.25, 0.3) is 0 Å². The topological polar surface area (TPSA) is 52.7 Å². The highest BCUT2D eigenvalue weighted by atomic mass is 16.2. The molecule has 2 heterocycles. The molecule has 0 bridgehead atoms. The van der Waals surface area contributed by atoms with Gasteiger partial charge in [0.15, 0.2) is 0 Å². The molecule has 2 amide bonds. The molecule has 1 aromatic carbocycles. The van der Waals surface area contributed by atoms with Gasteiger partial charge in [0.1, 0.15) is 0 Å². The summed E-state index contributed by atoms with van der Waals surface area (Å²) in [6, 6.07) is 10.6. The van der Waals surface area contributed by atoms with Gasteiger partial charge in [-0.2, -0.15) is 0 Å². The first-order valence-electron chi connectivity index (χ1n) is 9.10. The zero-order valence-corrected chi connectivity index (χ0v) is 14.7. The molecule has 1 N–H and O–H groups in total. The molecule has 0 unspecified atom stereocenters. The van der Waals surface area contributed by atoms with Crippen LogP contribution in [0.5, 0.6) is 0 Å². The molecule has 25 heavy (non-hydrogen) atoms. The maximum atomic E-state index is 12.4. The molecule has 0 spiro atoms. The molecule has 1 aromatic rings. The van der Waals surface area contributed by atoms with Gasteiger partial charge < -0.3 is 10.2 Å². The fourth-order valence-electron chi connectivity index (χ4n) is 3.96. The van der Waals surface area contributed by atoms with Crippen molar-refractivity contribution in [3.8, 4) is 0 Å². The molecule has 3 rings (SSSR count). The van der Waals surface area contributed by atoms with Crippen molar-refractivity contribution in [2.75, 3.05) is 32.7 Å². The van der Waals surface area contributed by atoms with Gasteiger partial charge in [0, 0.05) is 39.1 Å². The summed E-state index contributed by atoms with van der Waals surface area (Å²) in [7, 11) is 0. The number of nitrogens with one attached hydrogen (secondary N) is 1. The lowest BCUT2D eigenvalue weighted by Crippen LogP contribution is -2.39. The number of fused-ring (bicyclic) bond motifs is 1. The standard InChI is InChI=1S/C20H27N3O2/c1-2-19(24)21-10-8-20(25)23-14-17-9-11-22(13-18(17)15-23)12-16-6-4-3-5-7-16/h2-7,17-18H,1,8-15H2,(H,21,24)/t17-,18+/m0/s1. The van der Waals surface area contributed by atoms with Crippen LogP contribution in [0.25, 0.3) is 0 Å². The largest absolute Gasteiger partial charge is 0.352 e. The van der Waals surface area contributed by atoms with Crippen molar-refractivity contribution in [3.63, 3.8) is 0 Å². The highest BCUT2D eigenvalue weighted by Crippen LogP contribution is 2.32. The lowest BCUT2D eigenvalue weighted by Gasteiger charge is -2.34. The van der Waals surface area contributed by atoms with Gasteiger partial charge >= 0.3 is 0 Å². The predicted molar refractivity (Wildman–Crippen MR) is 97.7 cm³/mol. The molecule has 5 heteroatoms. The van der Waals surface area contributed by atoms with E-state index in [4.69, 9.17) is 0 Å². The van der Waals surface area contributed by atoms with E-state index < -0.39 is 0 Å². The molecule has 0 saturated carbocycles. The van der Waals surface area contributed by atoms with Crippen LogP contribution in [0.3, 0.4) is 0 Å². The van der Waals surface area contributed by atoms with Crippen molar-refractivity contribution in [3.05, 3.63) is 48.6 Å². The van der Waals surface area contributed by atoms with E-state index in [-0.39, 0.29) is 11.8 Å². The number of amides is 2. The second-order valence-electron chi connectivity index (χ2n) is 7.07. The average Bonchev–Trinajstić information content (AvgIpc) is 3.06. The fraction of sp³-hybridized carbons (Fsp3) is 0.500. The Morgan fingerprint density at radius 2 is 1.92 bits per heavy atom. The average molecular weight is 341 g/mol. The summed E-state index contributed by atoms with van der Waals surface area (Å²) in [5.74, 6) is 1.12. The molecular formula is C20H27N3O2. The molecular weight excluding hydrogens is 314 g/mol. The number of carbonyl (C=O) groups is 2. The molecule has 2 aliphatic heterocycles. The number of piperidine rings is 1. The quantitative estimate of drug-likeness (QED) is 0.801. The summed E-state index contributed by atoms with van der Waals surface area (Å²) >= 11 is 0. The first-order chi connectivity index (χ1) is 12.2. The molecule has 134 valence electrons. The number of hydrogen-bond acceptors (Lipinski definition) is 3. The minimum Gasteiger partial charge on any atom is -0.352 e. The molecule has 2 fully saturated rings. The lowest BCUT2D eigenvalue weighted by molar-refractivity contribution is -0.130. The van der Waals surface area contributed by atoms with Gasteiger partial charge in [-0.05, 0) is 36.4 Å². The second-order valence-corrected chi connectivity index (χ2v) is 7.07. The van der Waals surface area contributed by atoms with Gasteiger partial charge in [-0.3, -0.25) is 14.5 Å². The van der Waals surface area contributed by atoms with Crippen LogP contribution in [-0.2, 0) is 16.1 Å². The van der Waals surface area contributed by atoms with Crippen molar-refractivity contribution in [2.45, 2.75) is 19.4 Å². The first-order valence-corrected chi connectivity index (χ1v) is 9.10. The molecule has 2 aliphatic rings. The van der Waals surface area contributed by atoms with Crippen molar-refractivity contribution in [1.82, 2.24) is 15.1 Å². The zero-order valence-electron chi connectivity index (χ0n) is 14.7. The number of benzene rings is 1. The van der Waals surface area contributed by atoms with Gasteiger partial charge in [-0.25, -0.2) is 0 Å². The van der Waals surface area contributed by atoms with Crippen LogP contribution in [-0.4, -0.2) is 54.3 Å². The first kappa shape index (κ1) is 17.7. The third-order valence-corrected chi connectivity index (χ3v) is 5.31. The molecule has 2 saturated heterocycles. The number of nitrogens with zero attached hydrogens (tertiary/aromatic N) is 2. The van der Waals surface area contributed by atoms with Crippen LogP contribution in [0.2, 0.25) is 0 Å². The lowest BCUT2D eigenvalue weighted by atomic mass is 9.88. The van der Waals surface area contributed by atoms with Crippen LogP contribution in [0.4, 0.5) is 0 Å². The monoisotopic (exact) mass is 341 g/mol. The van der Waals surface area contributed by atoms with Gasteiger partial charge in [-0.15, -0.1) is 0 Å². The Bertz CT molecular complexity index is 617. The van der Waals surface area contributed by atoms with E-state index in [0.717, 1.165) is 39.1 Å². The summed E-state index contributed by atoms with van der Waals surface area (Å²) in [6.07, 6.45) is 2.76. The van der Waals surface area contributed by atoms with E-state index in [2.05, 4.69) is 41.1 Å². The Morgan fingerprint density at radius 1 is 1.16 bits per heavy atom. The molecule has 0 aliphatic carbocycles. The van der Waals surface area contributed by atoms with Crippen molar-refractivity contribution < 1.29 is 9.59 Å². The Balaban J connectivity index is 1.46. The second kappa shape index (κ2) is 8.30. The zero-order chi connectivity index (χ0) is 17.6. The maximum absolute atomic E-state index is 12.4. The highest BCUT2D eigenvalue weighted by molar-refractivity contribution is 5.87. The third-order valence-electron chi connectivity index (χ3n) is 5.31. The minimum absolute atomic E-state index is 0.147. The van der Waals surface area contributed by atoms with Crippen LogP contribution in [0.1, 0.15) is 18.4 Å². The van der Waals surface area contributed by atoms with Crippen LogP contribution in [0.15, 0.2) is 43.0 Å². The van der Waals surface area contributed by atoms with Crippen LogP contribution >= 0.6 is 0 Å². The number of rotatable bonds is 6. The number of likely N-dealkylation sites (tertiary alicyclic amines) is 2.